The van der Waals surface area contributed by atoms with Crippen LogP contribution < -0.4 is 0 Å². The highest BCUT2D eigenvalue weighted by atomic mass is 16.4. The first kappa shape index (κ1) is 9.28. The lowest BCUT2D eigenvalue weighted by atomic mass is 10.1. The number of rotatable bonds is 1. The summed E-state index contributed by atoms with van der Waals surface area (Å²) in [7, 11) is 0. The number of nitrogens with zero attached hydrogens (tertiary/aromatic N) is 1. The van der Waals surface area contributed by atoms with E-state index in [1.165, 1.54) is 0 Å². The summed E-state index contributed by atoms with van der Waals surface area (Å²) in [5, 5.41) is 18.5. The van der Waals surface area contributed by atoms with Gasteiger partial charge in [0.15, 0.2) is 0 Å². The zero-order valence-corrected chi connectivity index (χ0v) is 8.03. The molecule has 0 fully saturated rings. The zero-order valence-electron chi connectivity index (χ0n) is 8.03. The van der Waals surface area contributed by atoms with Crippen LogP contribution >= 0.6 is 0 Å². The average molecular weight is 200 g/mol. The third-order valence-electron chi connectivity index (χ3n) is 2.36. The first-order valence-electron chi connectivity index (χ1n) is 4.40. The van der Waals surface area contributed by atoms with E-state index in [1.807, 2.05) is 25.1 Å². The van der Waals surface area contributed by atoms with Gasteiger partial charge in [-0.05, 0) is 18.6 Å². The Labute approximate surface area is 85.8 Å². The highest BCUT2D eigenvalue weighted by Crippen LogP contribution is 2.24. The number of hydrogen-bond donors (Lipinski definition) is 2. The Hall–Kier alpha value is -2.28. The number of H-pyrrole nitrogens is 1. The topological polar surface area (TPSA) is 76.9 Å². The summed E-state index contributed by atoms with van der Waals surface area (Å²) in [6, 6.07) is 7.36. The minimum atomic E-state index is -1.11. The standard InChI is InChI=1S/C11H8N2O2/c1-6-3-2-4-8-9(6)7(5-12)10(13-8)11(14)15/h2-4,13H,1H3,(H,14,15). The van der Waals surface area contributed by atoms with Crippen LogP contribution in [-0.2, 0) is 0 Å². The van der Waals surface area contributed by atoms with Gasteiger partial charge in [-0.2, -0.15) is 5.26 Å². The van der Waals surface area contributed by atoms with E-state index in [0.717, 1.165) is 5.56 Å². The van der Waals surface area contributed by atoms with Crippen molar-refractivity contribution in [3.63, 3.8) is 0 Å². The predicted molar refractivity (Wildman–Crippen MR) is 54.7 cm³/mol. The van der Waals surface area contributed by atoms with E-state index in [1.54, 1.807) is 6.07 Å². The van der Waals surface area contributed by atoms with Gasteiger partial charge in [0, 0.05) is 10.9 Å². The molecule has 0 amide bonds. The molecule has 0 unspecified atom stereocenters. The summed E-state index contributed by atoms with van der Waals surface area (Å²) in [5.41, 5.74) is 1.74. The number of carboxylic acids is 1. The number of aromatic amines is 1. The first-order chi connectivity index (χ1) is 7.15. The Morgan fingerprint density at radius 2 is 2.27 bits per heavy atom. The van der Waals surface area contributed by atoms with Crippen molar-refractivity contribution in [3.05, 3.63) is 35.0 Å². The van der Waals surface area contributed by atoms with E-state index in [2.05, 4.69) is 4.98 Å². The molecule has 0 saturated carbocycles. The second kappa shape index (κ2) is 3.14. The number of nitrogens with one attached hydrogen (secondary N) is 1. The number of aromatic carboxylic acids is 1. The van der Waals surface area contributed by atoms with Gasteiger partial charge >= 0.3 is 5.97 Å². The van der Waals surface area contributed by atoms with Crippen molar-refractivity contribution in [2.45, 2.75) is 6.92 Å². The van der Waals surface area contributed by atoms with Gasteiger partial charge in [0.25, 0.3) is 0 Å². The number of benzene rings is 1. The second-order valence-corrected chi connectivity index (χ2v) is 3.29. The number of aromatic nitrogens is 1. The molecule has 0 aliphatic carbocycles. The van der Waals surface area contributed by atoms with Gasteiger partial charge in [0.1, 0.15) is 11.8 Å². The normalized spacial score (nSPS) is 10.1. The Morgan fingerprint density at radius 3 is 2.87 bits per heavy atom. The molecule has 0 aliphatic heterocycles. The molecule has 2 aromatic rings. The molecule has 4 nitrogen and oxygen atoms in total. The van der Waals surface area contributed by atoms with Crippen molar-refractivity contribution < 1.29 is 9.90 Å². The van der Waals surface area contributed by atoms with Crippen LogP contribution in [0.2, 0.25) is 0 Å². The third-order valence-corrected chi connectivity index (χ3v) is 2.36. The van der Waals surface area contributed by atoms with E-state index in [4.69, 9.17) is 10.4 Å². The molecule has 74 valence electrons. The van der Waals surface area contributed by atoms with Crippen molar-refractivity contribution in [2.75, 3.05) is 0 Å². The molecule has 0 bridgehead atoms. The highest BCUT2D eigenvalue weighted by molar-refractivity contribution is 6.00. The van der Waals surface area contributed by atoms with Crippen LogP contribution in [0.25, 0.3) is 10.9 Å². The van der Waals surface area contributed by atoms with Crippen molar-refractivity contribution >= 4 is 16.9 Å². The Morgan fingerprint density at radius 1 is 1.53 bits per heavy atom. The van der Waals surface area contributed by atoms with Gasteiger partial charge in [-0.15, -0.1) is 0 Å². The number of fused-ring (bicyclic) bond motifs is 1. The first-order valence-corrected chi connectivity index (χ1v) is 4.40. The maximum Gasteiger partial charge on any atom is 0.353 e. The molecule has 1 aromatic heterocycles. The lowest BCUT2D eigenvalue weighted by Gasteiger charge is -1.94. The lowest BCUT2D eigenvalue weighted by Crippen LogP contribution is -1.98. The van der Waals surface area contributed by atoms with Gasteiger partial charge in [-0.1, -0.05) is 12.1 Å². The van der Waals surface area contributed by atoms with Gasteiger partial charge in [-0.3, -0.25) is 0 Å². The molecule has 2 rings (SSSR count). The fraction of sp³-hybridized carbons (Fsp3) is 0.0909. The fourth-order valence-corrected chi connectivity index (χ4v) is 1.70. The summed E-state index contributed by atoms with van der Waals surface area (Å²) < 4.78 is 0. The minimum Gasteiger partial charge on any atom is -0.477 e. The van der Waals surface area contributed by atoms with Crippen LogP contribution in [0.3, 0.4) is 0 Å². The number of aryl methyl sites for hydroxylation is 1. The van der Waals surface area contributed by atoms with Gasteiger partial charge in [-0.25, -0.2) is 4.79 Å². The molecule has 4 heteroatoms. The van der Waals surface area contributed by atoms with Gasteiger partial charge < -0.3 is 10.1 Å². The molecule has 0 aliphatic rings. The SMILES string of the molecule is Cc1cccc2[nH]c(C(=O)O)c(C#N)c12. The second-order valence-electron chi connectivity index (χ2n) is 3.29. The molecular formula is C11H8N2O2. The minimum absolute atomic E-state index is 0.0400. The van der Waals surface area contributed by atoms with E-state index in [0.29, 0.717) is 10.9 Å². The van der Waals surface area contributed by atoms with Gasteiger partial charge in [0.2, 0.25) is 0 Å². The van der Waals surface area contributed by atoms with Crippen LogP contribution in [0, 0.1) is 18.3 Å². The van der Waals surface area contributed by atoms with Crippen LogP contribution in [0.5, 0.6) is 0 Å². The van der Waals surface area contributed by atoms with Crippen molar-refractivity contribution in [1.29, 1.82) is 5.26 Å². The quantitative estimate of drug-likeness (QED) is 0.739. The zero-order chi connectivity index (χ0) is 11.0. The van der Waals surface area contributed by atoms with E-state index >= 15 is 0 Å². The summed E-state index contributed by atoms with van der Waals surface area (Å²) in [4.78, 5) is 13.6. The molecule has 0 radical (unpaired) electrons. The Balaban J connectivity index is 2.94. The summed E-state index contributed by atoms with van der Waals surface area (Å²) in [6.45, 7) is 1.85. The summed E-state index contributed by atoms with van der Waals surface area (Å²) in [6.07, 6.45) is 0. The van der Waals surface area contributed by atoms with Crippen LogP contribution in [-0.4, -0.2) is 16.1 Å². The molecule has 0 saturated heterocycles. The monoisotopic (exact) mass is 200 g/mol. The molecule has 1 heterocycles. The molecule has 0 atom stereocenters. The molecule has 15 heavy (non-hydrogen) atoms. The van der Waals surface area contributed by atoms with E-state index in [-0.39, 0.29) is 11.3 Å². The van der Waals surface area contributed by atoms with Crippen LogP contribution in [0.4, 0.5) is 0 Å². The van der Waals surface area contributed by atoms with Crippen molar-refractivity contribution in [3.8, 4) is 6.07 Å². The predicted octanol–water partition coefficient (Wildman–Crippen LogP) is 2.05. The highest BCUT2D eigenvalue weighted by Gasteiger charge is 2.17. The number of hydrogen-bond acceptors (Lipinski definition) is 2. The number of carboxylic acid groups (broad SMARTS) is 1. The van der Waals surface area contributed by atoms with Crippen LogP contribution in [0.15, 0.2) is 18.2 Å². The van der Waals surface area contributed by atoms with Crippen molar-refractivity contribution in [2.24, 2.45) is 0 Å². The molecule has 0 spiro atoms. The number of carbonyl (C=O) groups is 1. The average Bonchev–Trinajstić information content (AvgIpc) is 2.57. The Bertz CT molecular complexity index is 590. The smallest absolute Gasteiger partial charge is 0.353 e. The lowest BCUT2D eigenvalue weighted by molar-refractivity contribution is 0.0691. The molecule has 2 N–H and O–H groups in total. The fourth-order valence-electron chi connectivity index (χ4n) is 1.70. The van der Waals surface area contributed by atoms with Crippen molar-refractivity contribution in [1.82, 2.24) is 4.98 Å². The largest absolute Gasteiger partial charge is 0.477 e. The summed E-state index contributed by atoms with van der Waals surface area (Å²) in [5.74, 6) is -1.11. The van der Waals surface area contributed by atoms with E-state index < -0.39 is 5.97 Å². The maximum absolute atomic E-state index is 10.9. The van der Waals surface area contributed by atoms with E-state index in [9.17, 15) is 4.79 Å². The van der Waals surface area contributed by atoms with Crippen LogP contribution in [0.1, 0.15) is 21.6 Å². The summed E-state index contributed by atoms with van der Waals surface area (Å²) >= 11 is 0. The van der Waals surface area contributed by atoms with Gasteiger partial charge in [0.05, 0.1) is 5.56 Å². The molecular weight excluding hydrogens is 192 g/mol. The molecule has 1 aromatic carbocycles. The maximum atomic E-state index is 10.9. The number of nitriles is 1. The Kier molecular flexibility index (Phi) is 1.94. The third kappa shape index (κ3) is 1.25.